The summed E-state index contributed by atoms with van der Waals surface area (Å²) < 4.78 is 0. The predicted octanol–water partition coefficient (Wildman–Crippen LogP) is 6.31. The molecular formula is C32H60BrN. The fourth-order valence-corrected chi connectivity index (χ4v) is 5.07. The van der Waals surface area contributed by atoms with Gasteiger partial charge in [0.25, 0.3) is 0 Å². The Bertz CT molecular complexity index is 489. The molecule has 2 heteroatoms. The molecule has 0 heterocycles. The second-order valence-corrected chi connectivity index (χ2v) is 10.8. The minimum absolute atomic E-state index is 0. The van der Waals surface area contributed by atoms with Gasteiger partial charge in [0.1, 0.15) is 6.54 Å². The molecule has 1 unspecified atom stereocenters. The largest absolute Gasteiger partial charge is 1.00 e. The molecule has 0 aliphatic carbocycles. The molecule has 200 valence electrons. The summed E-state index contributed by atoms with van der Waals surface area (Å²) in [7, 11) is 2.34. The summed E-state index contributed by atoms with van der Waals surface area (Å²) in [6.45, 7) is 4.78. The standard InChI is InChI=1S/C32H59N.BrH/c1-3-4-5-6-7-8-9-10-11-12-13-14-15-16-17-18-19-20-21-22-23-27-30-33(2)31-32-28-25-24-26-29-32;/h24-26,28-29H,3-23,27,30-31H2,1-2H3;1H. The first-order valence-corrected chi connectivity index (χ1v) is 15.2. The first-order chi connectivity index (χ1) is 16.3. The Kier molecular flexibility index (Phi) is 27.0. The lowest BCUT2D eigenvalue weighted by molar-refractivity contribution is -0.894. The lowest BCUT2D eigenvalue weighted by Crippen LogP contribution is -3.07. The van der Waals surface area contributed by atoms with Crippen LogP contribution in [0.5, 0.6) is 0 Å². The van der Waals surface area contributed by atoms with Crippen LogP contribution in [0.1, 0.15) is 154 Å². The van der Waals surface area contributed by atoms with Gasteiger partial charge in [-0.3, -0.25) is 0 Å². The van der Waals surface area contributed by atoms with Crippen LogP contribution in [0, 0.1) is 0 Å². The maximum atomic E-state index is 2.34. The zero-order valence-corrected chi connectivity index (χ0v) is 24.8. The van der Waals surface area contributed by atoms with Gasteiger partial charge in [-0.1, -0.05) is 166 Å². The molecule has 0 bridgehead atoms. The highest BCUT2D eigenvalue weighted by atomic mass is 79.9. The highest BCUT2D eigenvalue weighted by Crippen LogP contribution is 2.15. The number of benzene rings is 1. The molecule has 34 heavy (non-hydrogen) atoms. The maximum absolute atomic E-state index is 2.34. The van der Waals surface area contributed by atoms with Gasteiger partial charge in [0.05, 0.1) is 13.6 Å². The minimum Gasteiger partial charge on any atom is -1.00 e. The molecule has 1 aromatic rings. The molecule has 1 rings (SSSR count). The lowest BCUT2D eigenvalue weighted by atomic mass is 10.0. The summed E-state index contributed by atoms with van der Waals surface area (Å²) >= 11 is 0. The average Bonchev–Trinajstić information content (AvgIpc) is 2.83. The van der Waals surface area contributed by atoms with E-state index in [-0.39, 0.29) is 17.0 Å². The average molecular weight is 539 g/mol. The van der Waals surface area contributed by atoms with Crippen LogP contribution in [0.2, 0.25) is 0 Å². The molecule has 0 spiro atoms. The molecule has 1 N–H and O–H groups in total. The maximum Gasteiger partial charge on any atom is 0.103 e. The van der Waals surface area contributed by atoms with Gasteiger partial charge in [-0.25, -0.2) is 0 Å². The third kappa shape index (κ3) is 23.4. The Morgan fingerprint density at radius 2 is 0.794 bits per heavy atom. The van der Waals surface area contributed by atoms with E-state index in [2.05, 4.69) is 44.3 Å². The monoisotopic (exact) mass is 537 g/mol. The summed E-state index contributed by atoms with van der Waals surface area (Å²) in [6.07, 6.45) is 32.2. The number of hydrogen-bond donors (Lipinski definition) is 1. The molecule has 0 aliphatic heterocycles. The van der Waals surface area contributed by atoms with Crippen molar-refractivity contribution in [1.82, 2.24) is 0 Å². The van der Waals surface area contributed by atoms with Gasteiger partial charge in [0, 0.05) is 5.56 Å². The van der Waals surface area contributed by atoms with E-state index < -0.39 is 0 Å². The normalized spacial score (nSPS) is 11.9. The Labute approximate surface area is 225 Å². The fraction of sp³-hybridized carbons (Fsp3) is 0.812. The summed E-state index contributed by atoms with van der Waals surface area (Å²) in [5.41, 5.74) is 1.47. The molecule has 0 saturated carbocycles. The van der Waals surface area contributed by atoms with Gasteiger partial charge in [0.15, 0.2) is 0 Å². The molecule has 0 aromatic heterocycles. The molecule has 0 aliphatic rings. The smallest absolute Gasteiger partial charge is 0.103 e. The summed E-state index contributed by atoms with van der Waals surface area (Å²) in [6, 6.07) is 10.9. The molecule has 1 atom stereocenters. The quantitative estimate of drug-likeness (QED) is 0.139. The highest BCUT2D eigenvalue weighted by Gasteiger charge is 2.03. The third-order valence-corrected chi connectivity index (χ3v) is 7.31. The van der Waals surface area contributed by atoms with Crippen molar-refractivity contribution in [2.45, 2.75) is 155 Å². The summed E-state index contributed by atoms with van der Waals surface area (Å²) in [5.74, 6) is 0. The van der Waals surface area contributed by atoms with Crippen molar-refractivity contribution in [2.75, 3.05) is 13.6 Å². The van der Waals surface area contributed by atoms with E-state index in [1.54, 1.807) is 4.90 Å². The van der Waals surface area contributed by atoms with E-state index in [0.717, 1.165) is 0 Å². The summed E-state index contributed by atoms with van der Waals surface area (Å²) in [4.78, 5) is 1.65. The van der Waals surface area contributed by atoms with Crippen molar-refractivity contribution < 1.29 is 21.9 Å². The molecule has 0 saturated heterocycles. The first kappa shape index (κ1) is 33.7. The zero-order chi connectivity index (χ0) is 23.7. The second-order valence-electron chi connectivity index (χ2n) is 10.8. The summed E-state index contributed by atoms with van der Waals surface area (Å²) in [5, 5.41) is 0. The molecule has 1 nitrogen and oxygen atoms in total. The van der Waals surface area contributed by atoms with E-state index in [4.69, 9.17) is 0 Å². The van der Waals surface area contributed by atoms with Crippen LogP contribution in [-0.4, -0.2) is 13.6 Å². The lowest BCUT2D eigenvalue weighted by Gasteiger charge is -2.13. The third-order valence-electron chi connectivity index (χ3n) is 7.31. The molecular weight excluding hydrogens is 478 g/mol. The Balaban J connectivity index is 0.0000109. The molecule has 0 fully saturated rings. The highest BCUT2D eigenvalue weighted by molar-refractivity contribution is 5.13. The van der Waals surface area contributed by atoms with Crippen molar-refractivity contribution in [3.05, 3.63) is 35.9 Å². The van der Waals surface area contributed by atoms with E-state index in [0.29, 0.717) is 0 Å². The van der Waals surface area contributed by atoms with Crippen LogP contribution < -0.4 is 21.9 Å². The van der Waals surface area contributed by atoms with Gasteiger partial charge < -0.3 is 21.9 Å². The van der Waals surface area contributed by atoms with Crippen molar-refractivity contribution in [3.63, 3.8) is 0 Å². The van der Waals surface area contributed by atoms with E-state index in [1.807, 2.05) is 0 Å². The Morgan fingerprint density at radius 3 is 1.15 bits per heavy atom. The van der Waals surface area contributed by atoms with Crippen LogP contribution in [-0.2, 0) is 6.54 Å². The predicted molar refractivity (Wildman–Crippen MR) is 149 cm³/mol. The van der Waals surface area contributed by atoms with Crippen LogP contribution in [0.25, 0.3) is 0 Å². The van der Waals surface area contributed by atoms with Gasteiger partial charge in [-0.15, -0.1) is 0 Å². The molecule has 1 aromatic carbocycles. The Morgan fingerprint density at radius 1 is 0.471 bits per heavy atom. The zero-order valence-electron chi connectivity index (χ0n) is 23.2. The number of halogens is 1. The minimum atomic E-state index is 0. The van der Waals surface area contributed by atoms with Gasteiger partial charge in [-0.2, -0.15) is 0 Å². The van der Waals surface area contributed by atoms with Crippen LogP contribution >= 0.6 is 0 Å². The van der Waals surface area contributed by atoms with Gasteiger partial charge >= 0.3 is 0 Å². The number of unbranched alkanes of at least 4 members (excludes halogenated alkanes) is 21. The van der Waals surface area contributed by atoms with Crippen molar-refractivity contribution in [1.29, 1.82) is 0 Å². The number of quaternary nitrogens is 1. The van der Waals surface area contributed by atoms with Crippen molar-refractivity contribution in [2.24, 2.45) is 0 Å². The van der Waals surface area contributed by atoms with Gasteiger partial charge in [-0.05, 0) is 12.8 Å². The number of nitrogens with one attached hydrogen (secondary N) is 1. The molecule has 0 radical (unpaired) electrons. The van der Waals surface area contributed by atoms with Gasteiger partial charge in [0.2, 0.25) is 0 Å². The van der Waals surface area contributed by atoms with E-state index in [9.17, 15) is 0 Å². The van der Waals surface area contributed by atoms with Crippen molar-refractivity contribution in [3.8, 4) is 0 Å². The second kappa shape index (κ2) is 27.3. The molecule has 0 amide bonds. The number of rotatable bonds is 25. The Hall–Kier alpha value is -0.340. The number of hydrogen-bond acceptors (Lipinski definition) is 0. The fourth-order valence-electron chi connectivity index (χ4n) is 5.07. The van der Waals surface area contributed by atoms with Crippen molar-refractivity contribution >= 4 is 0 Å². The SMILES string of the molecule is CCCCCCCCCCCCCCCCCCCCCCCC[NH+](C)Cc1ccccc1.[Br-]. The first-order valence-electron chi connectivity index (χ1n) is 15.2. The van der Waals surface area contributed by atoms with Crippen LogP contribution in [0.15, 0.2) is 30.3 Å². The van der Waals surface area contributed by atoms with Crippen LogP contribution in [0.4, 0.5) is 0 Å². The van der Waals surface area contributed by atoms with E-state index >= 15 is 0 Å². The topological polar surface area (TPSA) is 4.44 Å². The van der Waals surface area contributed by atoms with Crippen LogP contribution in [0.3, 0.4) is 0 Å². The van der Waals surface area contributed by atoms with E-state index in [1.165, 1.54) is 160 Å².